The van der Waals surface area contributed by atoms with Gasteiger partial charge in [0.25, 0.3) is 5.91 Å². The topological polar surface area (TPSA) is 60.9 Å². The van der Waals surface area contributed by atoms with Crippen LogP contribution in [0.2, 0.25) is 5.02 Å². The third-order valence-electron chi connectivity index (χ3n) is 3.78. The van der Waals surface area contributed by atoms with Crippen molar-refractivity contribution in [1.82, 2.24) is 9.78 Å². The van der Waals surface area contributed by atoms with E-state index < -0.39 is 5.91 Å². The lowest BCUT2D eigenvalue weighted by molar-refractivity contribution is 0.0999. The maximum Gasteiger partial charge on any atom is 0.252 e. The molecule has 3 rings (SSSR count). The summed E-state index contributed by atoms with van der Waals surface area (Å²) in [5, 5.41) is 5.24. The summed E-state index contributed by atoms with van der Waals surface area (Å²) in [6, 6.07) is 5.71. The molecule has 1 aromatic carbocycles. The monoisotopic (exact) mass is 289 g/mol. The number of aryl methyl sites for hydroxylation is 2. The normalized spacial score (nSPS) is 14.1. The lowest BCUT2D eigenvalue weighted by Crippen LogP contribution is -2.17. The number of nitrogens with zero attached hydrogens (tertiary/aromatic N) is 2. The maximum atomic E-state index is 11.8. The molecule has 1 amide bonds. The van der Waals surface area contributed by atoms with Crippen molar-refractivity contribution in [2.75, 3.05) is 0 Å². The Bertz CT molecular complexity index is 691. The van der Waals surface area contributed by atoms with Crippen molar-refractivity contribution in [3.8, 4) is 11.3 Å². The molecule has 2 N–H and O–H groups in total. The smallest absolute Gasteiger partial charge is 0.252 e. The Kier molecular flexibility index (Phi) is 3.26. The second-order valence-electron chi connectivity index (χ2n) is 5.18. The average Bonchev–Trinajstić information content (AvgIpc) is 2.81. The summed E-state index contributed by atoms with van der Waals surface area (Å²) in [5.74, 6) is -0.417. The van der Waals surface area contributed by atoms with Crippen molar-refractivity contribution in [2.45, 2.75) is 32.7 Å². The van der Waals surface area contributed by atoms with Crippen molar-refractivity contribution >= 4 is 17.5 Å². The minimum atomic E-state index is -0.417. The highest BCUT2D eigenvalue weighted by atomic mass is 35.5. The summed E-state index contributed by atoms with van der Waals surface area (Å²) in [5.41, 5.74) is 9.56. The zero-order valence-corrected chi connectivity index (χ0v) is 12.1. The van der Waals surface area contributed by atoms with Gasteiger partial charge in [-0.2, -0.15) is 5.10 Å². The molecule has 1 aliphatic rings. The highest BCUT2D eigenvalue weighted by molar-refractivity contribution is 6.31. The minimum Gasteiger partial charge on any atom is -0.365 e. The van der Waals surface area contributed by atoms with Crippen LogP contribution in [0.4, 0.5) is 0 Å². The highest BCUT2D eigenvalue weighted by Crippen LogP contribution is 2.31. The molecule has 5 heteroatoms. The number of nitrogens with two attached hydrogens (primary N) is 1. The first-order valence-corrected chi connectivity index (χ1v) is 7.11. The summed E-state index contributed by atoms with van der Waals surface area (Å²) in [6.45, 7) is 2.79. The van der Waals surface area contributed by atoms with Gasteiger partial charge in [-0.3, -0.25) is 9.48 Å². The Morgan fingerprint density at radius 2 is 2.20 bits per heavy atom. The van der Waals surface area contributed by atoms with E-state index in [0.717, 1.165) is 42.6 Å². The molecule has 0 bridgehead atoms. The fraction of sp³-hybridized carbons (Fsp3) is 0.333. The minimum absolute atomic E-state index is 0.417. The van der Waals surface area contributed by atoms with E-state index in [-0.39, 0.29) is 0 Å². The van der Waals surface area contributed by atoms with Crippen molar-refractivity contribution in [3.63, 3.8) is 0 Å². The van der Waals surface area contributed by atoms with Crippen molar-refractivity contribution < 1.29 is 4.79 Å². The molecule has 0 aliphatic carbocycles. The molecule has 0 fully saturated rings. The van der Waals surface area contributed by atoms with Gasteiger partial charge >= 0.3 is 0 Å². The number of halogens is 1. The molecular formula is C15H16ClN3O. The quantitative estimate of drug-likeness (QED) is 0.924. The van der Waals surface area contributed by atoms with E-state index in [1.165, 1.54) is 0 Å². The lowest BCUT2D eigenvalue weighted by Gasteiger charge is -2.13. The highest BCUT2D eigenvalue weighted by Gasteiger charge is 2.24. The Morgan fingerprint density at radius 1 is 1.40 bits per heavy atom. The summed E-state index contributed by atoms with van der Waals surface area (Å²) < 4.78 is 1.91. The van der Waals surface area contributed by atoms with Gasteiger partial charge in [0.1, 0.15) is 5.69 Å². The number of carbonyl (C=O) groups is 1. The summed E-state index contributed by atoms with van der Waals surface area (Å²) in [6.07, 6.45) is 3.01. The van der Waals surface area contributed by atoms with E-state index >= 15 is 0 Å². The number of carbonyl (C=O) groups excluding carboxylic acids is 1. The molecule has 0 unspecified atom stereocenters. The number of amides is 1. The lowest BCUT2D eigenvalue weighted by atomic mass is 10.0. The molecule has 0 saturated heterocycles. The zero-order valence-electron chi connectivity index (χ0n) is 11.3. The Morgan fingerprint density at radius 3 is 2.90 bits per heavy atom. The number of fused-ring (bicyclic) bond motifs is 1. The SMILES string of the molecule is Cc1ccc(-c2nn3c(c2C(N)=O)CCCC3)cc1Cl. The van der Waals surface area contributed by atoms with E-state index in [0.29, 0.717) is 16.3 Å². The van der Waals surface area contributed by atoms with Gasteiger partial charge in [0.05, 0.1) is 11.3 Å². The van der Waals surface area contributed by atoms with E-state index in [2.05, 4.69) is 5.10 Å². The Labute approximate surface area is 122 Å². The number of aromatic nitrogens is 2. The summed E-state index contributed by atoms with van der Waals surface area (Å²) in [4.78, 5) is 11.8. The number of hydrogen-bond donors (Lipinski definition) is 1. The van der Waals surface area contributed by atoms with Gasteiger partial charge in [-0.15, -0.1) is 0 Å². The van der Waals surface area contributed by atoms with Crippen LogP contribution in [0.25, 0.3) is 11.3 Å². The molecule has 104 valence electrons. The number of hydrogen-bond acceptors (Lipinski definition) is 2. The fourth-order valence-corrected chi connectivity index (χ4v) is 2.87. The van der Waals surface area contributed by atoms with Gasteiger partial charge in [-0.25, -0.2) is 0 Å². The van der Waals surface area contributed by atoms with Gasteiger partial charge in [0.2, 0.25) is 0 Å². The van der Waals surface area contributed by atoms with Crippen molar-refractivity contribution in [3.05, 3.63) is 40.0 Å². The summed E-state index contributed by atoms with van der Waals surface area (Å²) >= 11 is 6.17. The standard InChI is InChI=1S/C15H16ClN3O/c1-9-5-6-10(8-11(9)16)14-13(15(17)20)12-4-2-3-7-19(12)18-14/h5-6,8H,2-4,7H2,1H3,(H2,17,20). The van der Waals surface area contributed by atoms with Gasteiger partial charge in [-0.1, -0.05) is 23.7 Å². The van der Waals surface area contributed by atoms with E-state index in [1.54, 1.807) is 0 Å². The van der Waals surface area contributed by atoms with E-state index in [4.69, 9.17) is 17.3 Å². The van der Waals surface area contributed by atoms with E-state index in [9.17, 15) is 4.79 Å². The van der Waals surface area contributed by atoms with Crippen LogP contribution in [0.5, 0.6) is 0 Å². The predicted molar refractivity (Wildman–Crippen MR) is 78.9 cm³/mol. The van der Waals surface area contributed by atoms with Crippen LogP contribution in [0, 0.1) is 6.92 Å². The van der Waals surface area contributed by atoms with Gasteiger partial charge in [-0.05, 0) is 37.8 Å². The number of primary amides is 1. The predicted octanol–water partition coefficient (Wildman–Crippen LogP) is 2.95. The molecule has 4 nitrogen and oxygen atoms in total. The molecule has 0 spiro atoms. The van der Waals surface area contributed by atoms with Crippen molar-refractivity contribution in [2.24, 2.45) is 5.73 Å². The molecule has 2 aromatic rings. The van der Waals surface area contributed by atoms with Crippen LogP contribution in [0.3, 0.4) is 0 Å². The summed E-state index contributed by atoms with van der Waals surface area (Å²) in [7, 11) is 0. The molecular weight excluding hydrogens is 274 g/mol. The third-order valence-corrected chi connectivity index (χ3v) is 4.19. The van der Waals surface area contributed by atoms with Crippen LogP contribution >= 0.6 is 11.6 Å². The van der Waals surface area contributed by atoms with Crippen LogP contribution in [0.1, 0.15) is 34.5 Å². The van der Waals surface area contributed by atoms with Crippen molar-refractivity contribution in [1.29, 1.82) is 0 Å². The maximum absolute atomic E-state index is 11.8. The number of benzene rings is 1. The molecule has 1 aromatic heterocycles. The molecule has 1 aliphatic heterocycles. The molecule has 0 radical (unpaired) electrons. The number of rotatable bonds is 2. The van der Waals surface area contributed by atoms with Crippen LogP contribution in [-0.2, 0) is 13.0 Å². The first-order chi connectivity index (χ1) is 9.58. The van der Waals surface area contributed by atoms with Gasteiger partial charge in [0, 0.05) is 17.1 Å². The van der Waals surface area contributed by atoms with Gasteiger partial charge in [0.15, 0.2) is 0 Å². The first kappa shape index (κ1) is 13.2. The van der Waals surface area contributed by atoms with Crippen LogP contribution in [-0.4, -0.2) is 15.7 Å². The van der Waals surface area contributed by atoms with Gasteiger partial charge < -0.3 is 5.73 Å². The fourth-order valence-electron chi connectivity index (χ4n) is 2.69. The Balaban J connectivity index is 2.19. The molecule has 20 heavy (non-hydrogen) atoms. The molecule has 0 saturated carbocycles. The average molecular weight is 290 g/mol. The molecule has 0 atom stereocenters. The van der Waals surface area contributed by atoms with Crippen LogP contribution < -0.4 is 5.73 Å². The second kappa shape index (κ2) is 4.94. The molecule has 2 heterocycles. The largest absolute Gasteiger partial charge is 0.365 e. The zero-order chi connectivity index (χ0) is 14.3. The third kappa shape index (κ3) is 2.10. The second-order valence-corrected chi connectivity index (χ2v) is 5.59. The first-order valence-electron chi connectivity index (χ1n) is 6.74. The van der Waals surface area contributed by atoms with Crippen LogP contribution in [0.15, 0.2) is 18.2 Å². The van der Waals surface area contributed by atoms with E-state index in [1.807, 2.05) is 29.8 Å². The Hall–Kier alpha value is -1.81.